The summed E-state index contributed by atoms with van der Waals surface area (Å²) in [5.74, 6) is 4.35. The summed E-state index contributed by atoms with van der Waals surface area (Å²) < 4.78 is 13.6. The highest BCUT2D eigenvalue weighted by Gasteiger charge is 2.53. The predicted octanol–water partition coefficient (Wildman–Crippen LogP) is 3.08. The van der Waals surface area contributed by atoms with E-state index < -0.39 is 0 Å². The van der Waals surface area contributed by atoms with Crippen molar-refractivity contribution in [2.24, 2.45) is 5.92 Å². The molecule has 5 aliphatic heterocycles. The van der Waals surface area contributed by atoms with Gasteiger partial charge in [0.25, 0.3) is 0 Å². The second-order valence-corrected chi connectivity index (χ2v) is 9.04. The molecule has 6 heteroatoms. The SMILES string of the molecule is CCCn1ccnc1CN1C[C@H](c2ccc3c(c2)OCO3)[C@H]2[C@@H]1C1CCN2CC1. The van der Waals surface area contributed by atoms with E-state index in [-0.39, 0.29) is 0 Å². The summed E-state index contributed by atoms with van der Waals surface area (Å²) in [6.07, 6.45) is 7.93. The monoisotopic (exact) mass is 394 g/mol. The van der Waals surface area contributed by atoms with Gasteiger partial charge in [-0.15, -0.1) is 0 Å². The minimum absolute atomic E-state index is 0.343. The van der Waals surface area contributed by atoms with Crippen molar-refractivity contribution in [3.63, 3.8) is 0 Å². The van der Waals surface area contributed by atoms with Crippen LogP contribution in [0, 0.1) is 5.92 Å². The highest BCUT2D eigenvalue weighted by atomic mass is 16.7. The Morgan fingerprint density at radius 3 is 2.83 bits per heavy atom. The van der Waals surface area contributed by atoms with Gasteiger partial charge in [0.1, 0.15) is 5.82 Å². The average Bonchev–Trinajstić information content (AvgIpc) is 3.49. The Labute approximate surface area is 172 Å². The predicted molar refractivity (Wildman–Crippen MR) is 110 cm³/mol. The van der Waals surface area contributed by atoms with Crippen molar-refractivity contribution in [2.75, 3.05) is 26.4 Å². The Hall–Kier alpha value is -2.05. The van der Waals surface area contributed by atoms with Crippen LogP contribution in [0.5, 0.6) is 11.5 Å². The lowest BCUT2D eigenvalue weighted by Crippen LogP contribution is -2.60. The summed E-state index contributed by atoms with van der Waals surface area (Å²) in [5.41, 5.74) is 1.40. The van der Waals surface area contributed by atoms with E-state index in [4.69, 9.17) is 14.5 Å². The Morgan fingerprint density at radius 1 is 1.10 bits per heavy atom. The molecular weight excluding hydrogens is 364 g/mol. The number of rotatable bonds is 5. The minimum Gasteiger partial charge on any atom is -0.454 e. The Bertz CT molecular complexity index is 889. The largest absolute Gasteiger partial charge is 0.454 e. The lowest BCUT2D eigenvalue weighted by atomic mass is 9.75. The number of fused-ring (bicyclic) bond motifs is 3. The summed E-state index contributed by atoms with van der Waals surface area (Å²) in [6, 6.07) is 7.84. The van der Waals surface area contributed by atoms with Gasteiger partial charge in [0.15, 0.2) is 11.5 Å². The van der Waals surface area contributed by atoms with Crippen molar-refractivity contribution in [3.8, 4) is 11.5 Å². The lowest BCUT2D eigenvalue weighted by Gasteiger charge is -2.51. The fourth-order valence-corrected chi connectivity index (χ4v) is 6.28. The van der Waals surface area contributed by atoms with Crippen molar-refractivity contribution in [1.29, 1.82) is 0 Å². The number of piperidine rings is 3. The minimum atomic E-state index is 0.343. The molecule has 29 heavy (non-hydrogen) atoms. The van der Waals surface area contributed by atoms with Crippen molar-refractivity contribution in [3.05, 3.63) is 42.0 Å². The van der Waals surface area contributed by atoms with Gasteiger partial charge in [-0.05, 0) is 56.0 Å². The van der Waals surface area contributed by atoms with Crippen LogP contribution in [0.25, 0.3) is 0 Å². The molecule has 0 unspecified atom stereocenters. The number of nitrogens with zero attached hydrogens (tertiary/aromatic N) is 4. The molecule has 5 aliphatic rings. The molecule has 0 N–H and O–H groups in total. The van der Waals surface area contributed by atoms with Crippen LogP contribution >= 0.6 is 0 Å². The maximum absolute atomic E-state index is 5.69. The zero-order valence-corrected chi connectivity index (χ0v) is 17.2. The summed E-state index contributed by atoms with van der Waals surface area (Å²) in [4.78, 5) is 10.2. The van der Waals surface area contributed by atoms with Crippen molar-refractivity contribution < 1.29 is 9.47 Å². The number of ether oxygens (including phenoxy) is 2. The maximum atomic E-state index is 5.69. The van der Waals surface area contributed by atoms with Gasteiger partial charge in [-0.25, -0.2) is 4.98 Å². The van der Waals surface area contributed by atoms with E-state index in [2.05, 4.69) is 45.7 Å². The highest BCUT2D eigenvalue weighted by molar-refractivity contribution is 5.46. The zero-order chi connectivity index (χ0) is 19.4. The lowest BCUT2D eigenvalue weighted by molar-refractivity contribution is -0.00953. The molecule has 6 nitrogen and oxygen atoms in total. The molecule has 4 fully saturated rings. The standard InChI is InChI=1S/C23H30N4O2/c1-2-8-25-11-7-24-21(25)14-27-13-18(17-3-4-19-20(12-17)29-15-28-19)23-22(27)16-5-9-26(23)10-6-16/h3-4,7,11-12,16,18,22-23H,2,5-6,8-10,13-15H2,1H3/t18-,22+,23+/m1/s1. The summed E-state index contributed by atoms with van der Waals surface area (Å²) in [7, 11) is 0. The van der Waals surface area contributed by atoms with Crippen LogP contribution in [0.4, 0.5) is 0 Å². The van der Waals surface area contributed by atoms with Crippen molar-refractivity contribution in [1.82, 2.24) is 19.4 Å². The number of aryl methyl sites for hydroxylation is 1. The van der Waals surface area contributed by atoms with Gasteiger partial charge in [0, 0.05) is 43.5 Å². The number of likely N-dealkylation sites (tertiary alicyclic amines) is 1. The van der Waals surface area contributed by atoms with Crippen LogP contribution in [0.2, 0.25) is 0 Å². The molecule has 154 valence electrons. The van der Waals surface area contributed by atoms with Gasteiger partial charge < -0.3 is 14.0 Å². The van der Waals surface area contributed by atoms with E-state index in [9.17, 15) is 0 Å². The highest BCUT2D eigenvalue weighted by Crippen LogP contribution is 2.48. The topological polar surface area (TPSA) is 42.8 Å². The van der Waals surface area contributed by atoms with Gasteiger partial charge in [0.05, 0.1) is 6.54 Å². The molecule has 3 atom stereocenters. The first-order valence-electron chi connectivity index (χ1n) is 11.2. The first-order chi connectivity index (χ1) is 14.3. The maximum Gasteiger partial charge on any atom is 0.231 e. The van der Waals surface area contributed by atoms with E-state index in [1.807, 2.05) is 6.20 Å². The van der Waals surface area contributed by atoms with Crippen LogP contribution < -0.4 is 9.47 Å². The third kappa shape index (κ3) is 2.88. The van der Waals surface area contributed by atoms with E-state index in [0.29, 0.717) is 24.8 Å². The number of hydrogen-bond donors (Lipinski definition) is 0. The van der Waals surface area contributed by atoms with E-state index >= 15 is 0 Å². The molecule has 2 bridgehead atoms. The van der Waals surface area contributed by atoms with Gasteiger partial charge in [-0.2, -0.15) is 0 Å². The first kappa shape index (κ1) is 17.8. The van der Waals surface area contributed by atoms with Crippen LogP contribution in [0.3, 0.4) is 0 Å². The van der Waals surface area contributed by atoms with Crippen LogP contribution in [0.1, 0.15) is 43.5 Å². The number of hydrogen-bond acceptors (Lipinski definition) is 5. The molecular formula is C23H30N4O2. The van der Waals surface area contributed by atoms with Crippen LogP contribution in [-0.4, -0.2) is 57.9 Å². The second-order valence-electron chi connectivity index (χ2n) is 9.04. The number of imidazole rings is 1. The zero-order valence-electron chi connectivity index (χ0n) is 17.2. The van der Waals surface area contributed by atoms with Crippen molar-refractivity contribution in [2.45, 2.75) is 57.3 Å². The van der Waals surface area contributed by atoms with E-state index in [0.717, 1.165) is 43.5 Å². The molecule has 6 heterocycles. The van der Waals surface area contributed by atoms with Gasteiger partial charge in [0.2, 0.25) is 6.79 Å². The quantitative estimate of drug-likeness (QED) is 0.780. The molecule has 1 aromatic heterocycles. The Balaban J connectivity index is 1.32. The molecule has 7 rings (SSSR count). The summed E-state index contributed by atoms with van der Waals surface area (Å²) in [6.45, 7) is 8.20. The summed E-state index contributed by atoms with van der Waals surface area (Å²) in [5, 5.41) is 0. The Morgan fingerprint density at radius 2 is 1.97 bits per heavy atom. The first-order valence-corrected chi connectivity index (χ1v) is 11.2. The fourth-order valence-electron chi connectivity index (χ4n) is 6.28. The molecule has 1 aromatic carbocycles. The molecule has 4 saturated heterocycles. The molecule has 2 aromatic rings. The van der Waals surface area contributed by atoms with Gasteiger partial charge in [-0.3, -0.25) is 9.80 Å². The average molecular weight is 395 g/mol. The molecule has 0 saturated carbocycles. The number of benzene rings is 1. The summed E-state index contributed by atoms with van der Waals surface area (Å²) >= 11 is 0. The second kappa shape index (κ2) is 7.03. The normalized spacial score (nSPS) is 32.7. The van der Waals surface area contributed by atoms with Crippen LogP contribution in [-0.2, 0) is 13.1 Å². The third-order valence-electron chi connectivity index (χ3n) is 7.53. The Kier molecular flexibility index (Phi) is 4.31. The van der Waals surface area contributed by atoms with Gasteiger partial charge >= 0.3 is 0 Å². The van der Waals surface area contributed by atoms with E-state index in [1.54, 1.807) is 0 Å². The third-order valence-corrected chi connectivity index (χ3v) is 7.53. The van der Waals surface area contributed by atoms with E-state index in [1.165, 1.54) is 37.3 Å². The molecule has 0 aliphatic carbocycles. The molecule has 0 radical (unpaired) electrons. The van der Waals surface area contributed by atoms with Gasteiger partial charge in [-0.1, -0.05) is 13.0 Å². The van der Waals surface area contributed by atoms with Crippen molar-refractivity contribution >= 4 is 0 Å². The number of aromatic nitrogens is 2. The van der Waals surface area contributed by atoms with Crippen LogP contribution in [0.15, 0.2) is 30.6 Å². The smallest absolute Gasteiger partial charge is 0.231 e. The molecule has 0 spiro atoms. The molecule has 0 amide bonds. The fraction of sp³-hybridized carbons (Fsp3) is 0.609.